The second kappa shape index (κ2) is 3.10. The summed E-state index contributed by atoms with van der Waals surface area (Å²) in [5.74, 6) is 0. The van der Waals surface area contributed by atoms with E-state index in [0.29, 0.717) is 6.04 Å². The molecule has 0 aromatic heterocycles. The summed E-state index contributed by atoms with van der Waals surface area (Å²) in [5.41, 5.74) is 0. The normalized spacial score (nSPS) is 11.2. The lowest BCUT2D eigenvalue weighted by Crippen LogP contribution is -2.41. The first-order valence-corrected chi connectivity index (χ1v) is 2.51. The maximum Gasteiger partial charge on any atom is 0.113 e. The molecule has 0 bridgehead atoms. The van der Waals surface area contributed by atoms with Crippen LogP contribution in [0.3, 0.4) is 0 Å². The van der Waals surface area contributed by atoms with Crippen molar-refractivity contribution in [3.05, 3.63) is 0 Å². The molecule has 0 amide bonds. The molecule has 0 radical (unpaired) electrons. The van der Waals surface area contributed by atoms with Gasteiger partial charge in [0.25, 0.3) is 0 Å². The van der Waals surface area contributed by atoms with E-state index in [-0.39, 0.29) is 13.1 Å². The Balaban J connectivity index is 0. The number of hydrogen-bond acceptors (Lipinski definition) is 1. The van der Waals surface area contributed by atoms with Crippen molar-refractivity contribution in [2.45, 2.75) is 19.9 Å². The summed E-state index contributed by atoms with van der Waals surface area (Å²) >= 11 is 0. The fraction of sp³-hybridized carbons (Fsp3) is 1.00. The lowest BCUT2D eigenvalue weighted by molar-refractivity contribution is -1.09. The van der Waals surface area contributed by atoms with E-state index in [1.165, 1.54) is 0 Å². The van der Waals surface area contributed by atoms with Crippen LogP contribution in [0.2, 0.25) is 0 Å². The zero-order valence-corrected chi connectivity index (χ0v) is 5.47. The Hall–Kier alpha value is -0.0151. The molecule has 0 saturated heterocycles. The van der Waals surface area contributed by atoms with E-state index in [0.717, 1.165) is 0 Å². The predicted molar refractivity (Wildman–Crippen MR) is 40.4 cm³/mol. The van der Waals surface area contributed by atoms with Crippen LogP contribution in [-0.2, 0) is 0 Å². The smallest absolute Gasteiger partial charge is 0.113 e. The minimum Gasteiger partial charge on any atom is -0.217 e. The van der Waals surface area contributed by atoms with Crippen LogP contribution in [0.5, 0.6) is 0 Å². The molecule has 3 heteroatoms. The molecular weight excluding hydrogens is 101 g/mol. The largest absolute Gasteiger partial charge is 0.217 e. The maximum atomic E-state index is 9.03. The van der Waals surface area contributed by atoms with Gasteiger partial charge in [0.1, 0.15) is 6.04 Å². The fourth-order valence-electron chi connectivity index (χ4n) is 0. The van der Waals surface area contributed by atoms with Crippen molar-refractivity contribution in [3.63, 3.8) is 0 Å². The van der Waals surface area contributed by atoms with Gasteiger partial charge in [0.05, 0.1) is 14.1 Å². The van der Waals surface area contributed by atoms with E-state index in [4.69, 9.17) is 5.21 Å². The summed E-state index contributed by atoms with van der Waals surface area (Å²) in [6, 6.07) is 0.292. The third-order valence-electron chi connectivity index (χ3n) is 1.26. The second-order valence-corrected chi connectivity index (χ2v) is 2.57. The van der Waals surface area contributed by atoms with E-state index in [9.17, 15) is 0 Å². The van der Waals surface area contributed by atoms with Gasteiger partial charge in [0.15, 0.2) is 0 Å². The molecule has 0 atom stereocenters. The zero-order valence-electron chi connectivity index (χ0n) is 5.47. The van der Waals surface area contributed by atoms with E-state index in [1.54, 1.807) is 14.1 Å². The summed E-state index contributed by atoms with van der Waals surface area (Å²) < 4.78 is 0.0556. The van der Waals surface area contributed by atoms with Gasteiger partial charge in [-0.25, -0.2) is 5.21 Å². The topological polar surface area (TPSA) is 20.2 Å². The molecule has 0 aliphatic carbocycles. The van der Waals surface area contributed by atoms with E-state index in [1.807, 2.05) is 13.8 Å². The Morgan fingerprint density at radius 3 is 1.38 bits per heavy atom. The van der Waals surface area contributed by atoms with Crippen LogP contribution in [0, 0.1) is 0 Å². The van der Waals surface area contributed by atoms with E-state index >= 15 is 0 Å². The van der Waals surface area contributed by atoms with Gasteiger partial charge in [-0.15, -0.1) is 0 Å². The van der Waals surface area contributed by atoms with Crippen LogP contribution in [0.25, 0.3) is 0 Å². The minimum atomic E-state index is 0. The van der Waals surface area contributed by atoms with Crippen molar-refractivity contribution in [1.29, 1.82) is 0 Å². The van der Waals surface area contributed by atoms with Crippen LogP contribution >= 0.6 is 0 Å². The second-order valence-electron chi connectivity index (χ2n) is 2.57. The standard InChI is InChI=1S/C5H14NO.BH4/c1-5(2)6(3,4)7;/h5,7H,1-4H3;1H4/q+1;-1. The molecule has 0 aromatic rings. The van der Waals surface area contributed by atoms with Crippen molar-refractivity contribution in [2.75, 3.05) is 14.1 Å². The third-order valence-corrected chi connectivity index (χ3v) is 1.26. The number of nitrogens with zero attached hydrogens (tertiary/aromatic N) is 1. The zero-order chi connectivity index (χ0) is 6.08. The van der Waals surface area contributed by atoms with Gasteiger partial charge in [-0.1, -0.05) is 8.41 Å². The van der Waals surface area contributed by atoms with Crippen LogP contribution < -0.4 is 0 Å². The number of quaternary nitrogens is 1. The molecule has 0 spiro atoms. The summed E-state index contributed by atoms with van der Waals surface area (Å²) in [5, 5.41) is 9.03. The molecule has 0 rings (SSSR count). The van der Waals surface area contributed by atoms with Crippen LogP contribution in [-0.4, -0.2) is 38.4 Å². The summed E-state index contributed by atoms with van der Waals surface area (Å²) in [7, 11) is 3.51. The quantitative estimate of drug-likeness (QED) is 0.278. The first-order chi connectivity index (χ1) is 2.94. The average molecular weight is 119 g/mol. The highest BCUT2D eigenvalue weighted by molar-refractivity contribution is 5.75. The monoisotopic (exact) mass is 119 g/mol. The lowest BCUT2D eigenvalue weighted by atomic mass is 10.4. The Kier molecular flexibility index (Phi) is 4.21. The van der Waals surface area contributed by atoms with Crippen LogP contribution in [0.1, 0.15) is 13.8 Å². The predicted octanol–water partition coefficient (Wildman–Crippen LogP) is -0.591. The Morgan fingerprint density at radius 2 is 1.38 bits per heavy atom. The summed E-state index contributed by atoms with van der Waals surface area (Å²) in [6.07, 6.45) is 0. The Labute approximate surface area is 53.2 Å². The van der Waals surface area contributed by atoms with Gasteiger partial charge in [0.2, 0.25) is 0 Å². The fourth-order valence-corrected chi connectivity index (χ4v) is 0. The van der Waals surface area contributed by atoms with Gasteiger partial charge >= 0.3 is 0 Å². The Morgan fingerprint density at radius 1 is 1.25 bits per heavy atom. The molecule has 0 saturated carbocycles. The van der Waals surface area contributed by atoms with Gasteiger partial charge in [-0.05, 0) is 13.8 Å². The minimum absolute atomic E-state index is 0. The molecule has 0 aliphatic rings. The van der Waals surface area contributed by atoms with Gasteiger partial charge in [-0.2, -0.15) is 4.65 Å². The molecule has 0 heterocycles. The average Bonchev–Trinajstić information content (AvgIpc) is 1.31. The number of hydroxylamine groups is 3. The molecule has 0 fully saturated rings. The molecule has 8 heavy (non-hydrogen) atoms. The molecule has 0 aromatic carbocycles. The first-order valence-electron chi connectivity index (χ1n) is 2.51. The highest BCUT2D eigenvalue weighted by Crippen LogP contribution is 1.97. The highest BCUT2D eigenvalue weighted by Gasteiger charge is 2.14. The first kappa shape index (κ1) is 10.9. The van der Waals surface area contributed by atoms with Crippen molar-refractivity contribution >= 4 is 8.41 Å². The molecule has 0 unspecified atom stereocenters. The molecule has 2 nitrogen and oxygen atoms in total. The van der Waals surface area contributed by atoms with Crippen molar-refractivity contribution in [2.24, 2.45) is 0 Å². The highest BCUT2D eigenvalue weighted by atomic mass is 16.5. The molecule has 0 aliphatic heterocycles. The van der Waals surface area contributed by atoms with Crippen LogP contribution in [0.15, 0.2) is 0 Å². The molecular formula is C5H18BNO. The maximum absolute atomic E-state index is 9.03. The van der Waals surface area contributed by atoms with Crippen molar-refractivity contribution < 1.29 is 9.85 Å². The molecule has 52 valence electrons. The lowest BCUT2D eigenvalue weighted by Gasteiger charge is -2.23. The van der Waals surface area contributed by atoms with E-state index in [2.05, 4.69) is 0 Å². The SMILES string of the molecule is CC(C)[N+](C)(C)O.[BH4-]. The van der Waals surface area contributed by atoms with Crippen molar-refractivity contribution in [3.8, 4) is 0 Å². The van der Waals surface area contributed by atoms with Gasteiger partial charge in [0, 0.05) is 0 Å². The van der Waals surface area contributed by atoms with E-state index < -0.39 is 0 Å². The summed E-state index contributed by atoms with van der Waals surface area (Å²) in [4.78, 5) is 0. The molecule has 1 N–H and O–H groups in total. The number of rotatable bonds is 1. The van der Waals surface area contributed by atoms with Crippen LogP contribution in [0.4, 0.5) is 0 Å². The van der Waals surface area contributed by atoms with Crippen molar-refractivity contribution in [1.82, 2.24) is 0 Å². The number of hydrogen-bond donors (Lipinski definition) is 1. The summed E-state index contributed by atoms with van der Waals surface area (Å²) in [6.45, 7) is 3.94. The Bertz CT molecular complexity index is 57.9. The van der Waals surface area contributed by atoms with Gasteiger partial charge in [-0.3, -0.25) is 0 Å². The van der Waals surface area contributed by atoms with Gasteiger partial charge < -0.3 is 0 Å². The third kappa shape index (κ3) is 4.15.